The topological polar surface area (TPSA) is 40.6 Å². The Kier molecular flexibility index (Phi) is 3.93. The van der Waals surface area contributed by atoms with Gasteiger partial charge in [-0.25, -0.2) is 9.69 Å². The summed E-state index contributed by atoms with van der Waals surface area (Å²) in [6, 6.07) is 3.52. The lowest BCUT2D eigenvalue weighted by atomic mass is 10.1. The van der Waals surface area contributed by atoms with E-state index < -0.39 is 23.7 Å². The standard InChI is InChI=1S/C14H15F3N2O2/c1-3-18-8-9(2)12(20)19(13(18)21)11-6-4-10(5-7-11)14(15,16)17/h4-7,9H,3,8H2,1-2H3. The molecule has 0 radical (unpaired) electrons. The molecule has 0 aromatic heterocycles. The molecule has 114 valence electrons. The molecule has 2 rings (SSSR count). The maximum absolute atomic E-state index is 12.5. The molecule has 1 fully saturated rings. The maximum Gasteiger partial charge on any atom is 0.416 e. The largest absolute Gasteiger partial charge is 0.416 e. The number of anilines is 1. The normalized spacial score (nSPS) is 20.1. The zero-order chi connectivity index (χ0) is 15.8. The second-order valence-corrected chi connectivity index (χ2v) is 4.94. The van der Waals surface area contributed by atoms with Gasteiger partial charge in [0.15, 0.2) is 0 Å². The van der Waals surface area contributed by atoms with Crippen LogP contribution in [0.15, 0.2) is 24.3 Å². The molecule has 1 unspecified atom stereocenters. The Bertz CT molecular complexity index is 554. The van der Waals surface area contributed by atoms with E-state index in [1.54, 1.807) is 13.8 Å². The summed E-state index contributed by atoms with van der Waals surface area (Å²) in [7, 11) is 0. The molecule has 0 bridgehead atoms. The van der Waals surface area contributed by atoms with E-state index in [9.17, 15) is 22.8 Å². The van der Waals surface area contributed by atoms with Gasteiger partial charge < -0.3 is 4.90 Å². The van der Waals surface area contributed by atoms with Gasteiger partial charge in [-0.3, -0.25) is 4.79 Å². The van der Waals surface area contributed by atoms with E-state index in [2.05, 4.69) is 0 Å². The Morgan fingerprint density at radius 3 is 2.24 bits per heavy atom. The third-order valence-corrected chi connectivity index (χ3v) is 3.43. The third-order valence-electron chi connectivity index (χ3n) is 3.43. The van der Waals surface area contributed by atoms with Crippen molar-refractivity contribution >= 4 is 17.6 Å². The Hall–Kier alpha value is -2.05. The summed E-state index contributed by atoms with van der Waals surface area (Å²) in [4.78, 5) is 26.8. The smallest absolute Gasteiger partial charge is 0.323 e. The van der Waals surface area contributed by atoms with Crippen LogP contribution in [-0.4, -0.2) is 29.9 Å². The predicted molar refractivity (Wildman–Crippen MR) is 70.7 cm³/mol. The average Bonchev–Trinajstić information content (AvgIpc) is 2.42. The molecule has 1 aromatic carbocycles. The van der Waals surface area contributed by atoms with E-state index in [4.69, 9.17) is 0 Å². The molecule has 0 N–H and O–H groups in total. The van der Waals surface area contributed by atoms with Crippen LogP contribution >= 0.6 is 0 Å². The number of hydrogen-bond acceptors (Lipinski definition) is 2. The number of halogens is 3. The highest BCUT2D eigenvalue weighted by molar-refractivity contribution is 6.16. The summed E-state index contributed by atoms with van der Waals surface area (Å²) in [5.41, 5.74) is -0.661. The minimum Gasteiger partial charge on any atom is -0.323 e. The number of carbonyl (C=O) groups is 2. The fourth-order valence-corrected chi connectivity index (χ4v) is 2.24. The number of urea groups is 1. The van der Waals surface area contributed by atoms with Crippen LogP contribution < -0.4 is 4.90 Å². The number of carbonyl (C=O) groups excluding carboxylic acids is 2. The fourth-order valence-electron chi connectivity index (χ4n) is 2.24. The zero-order valence-electron chi connectivity index (χ0n) is 11.6. The summed E-state index contributed by atoms with van der Waals surface area (Å²) in [6.07, 6.45) is -4.45. The van der Waals surface area contributed by atoms with Gasteiger partial charge in [0.2, 0.25) is 5.91 Å². The SMILES string of the molecule is CCN1CC(C)C(=O)N(c2ccc(C(F)(F)F)cc2)C1=O. The molecule has 1 aromatic rings. The van der Waals surface area contributed by atoms with Crippen molar-refractivity contribution in [2.75, 3.05) is 18.0 Å². The summed E-state index contributed by atoms with van der Waals surface area (Å²) in [5.74, 6) is -0.783. The molecule has 1 aliphatic heterocycles. The van der Waals surface area contributed by atoms with E-state index in [-0.39, 0.29) is 11.6 Å². The highest BCUT2D eigenvalue weighted by atomic mass is 19.4. The zero-order valence-corrected chi connectivity index (χ0v) is 11.6. The number of nitrogens with zero attached hydrogens (tertiary/aromatic N) is 2. The van der Waals surface area contributed by atoms with Crippen LogP contribution in [0.2, 0.25) is 0 Å². The molecule has 21 heavy (non-hydrogen) atoms. The molecule has 1 atom stereocenters. The van der Waals surface area contributed by atoms with E-state index >= 15 is 0 Å². The minimum atomic E-state index is -4.45. The first kappa shape index (κ1) is 15.3. The molecule has 1 saturated heterocycles. The number of hydrogen-bond donors (Lipinski definition) is 0. The second kappa shape index (κ2) is 5.38. The number of imide groups is 1. The van der Waals surface area contributed by atoms with Gasteiger partial charge in [0, 0.05) is 13.1 Å². The summed E-state index contributed by atoms with van der Waals surface area (Å²) >= 11 is 0. The summed E-state index contributed by atoms with van der Waals surface area (Å²) in [5, 5.41) is 0. The van der Waals surface area contributed by atoms with Crippen LogP contribution in [-0.2, 0) is 11.0 Å². The van der Waals surface area contributed by atoms with Crippen molar-refractivity contribution in [1.29, 1.82) is 0 Å². The first-order chi connectivity index (χ1) is 9.75. The highest BCUT2D eigenvalue weighted by Gasteiger charge is 2.37. The average molecular weight is 300 g/mol. The van der Waals surface area contributed by atoms with Gasteiger partial charge in [-0.2, -0.15) is 13.2 Å². The molecule has 1 aliphatic rings. The third kappa shape index (κ3) is 2.86. The second-order valence-electron chi connectivity index (χ2n) is 4.94. The molecule has 1 heterocycles. The van der Waals surface area contributed by atoms with Crippen LogP contribution in [0.4, 0.5) is 23.7 Å². The van der Waals surface area contributed by atoms with Crippen LogP contribution in [0.25, 0.3) is 0 Å². The molecule has 0 saturated carbocycles. The van der Waals surface area contributed by atoms with Gasteiger partial charge in [0.05, 0.1) is 17.2 Å². The van der Waals surface area contributed by atoms with Crippen molar-refractivity contribution in [3.8, 4) is 0 Å². The Morgan fingerprint density at radius 1 is 1.19 bits per heavy atom. The summed E-state index contributed by atoms with van der Waals surface area (Å²) < 4.78 is 37.6. The Morgan fingerprint density at radius 2 is 1.76 bits per heavy atom. The fraction of sp³-hybridized carbons (Fsp3) is 0.429. The van der Waals surface area contributed by atoms with E-state index in [0.29, 0.717) is 13.1 Å². The van der Waals surface area contributed by atoms with Gasteiger partial charge in [0.25, 0.3) is 0 Å². The van der Waals surface area contributed by atoms with E-state index in [1.807, 2.05) is 0 Å². The van der Waals surface area contributed by atoms with Gasteiger partial charge in [-0.15, -0.1) is 0 Å². The number of alkyl halides is 3. The van der Waals surface area contributed by atoms with Crippen LogP contribution in [0, 0.1) is 5.92 Å². The number of rotatable bonds is 2. The maximum atomic E-state index is 12.5. The van der Waals surface area contributed by atoms with Crippen LogP contribution in [0.1, 0.15) is 19.4 Å². The van der Waals surface area contributed by atoms with Gasteiger partial charge >= 0.3 is 12.2 Å². The Balaban J connectivity index is 2.34. The molecule has 0 spiro atoms. The summed E-state index contributed by atoms with van der Waals surface area (Å²) in [6.45, 7) is 4.23. The number of benzene rings is 1. The molecular weight excluding hydrogens is 285 g/mol. The van der Waals surface area contributed by atoms with Gasteiger partial charge in [0.1, 0.15) is 0 Å². The van der Waals surface area contributed by atoms with Crippen molar-refractivity contribution < 1.29 is 22.8 Å². The monoisotopic (exact) mass is 300 g/mol. The number of amides is 3. The lowest BCUT2D eigenvalue weighted by Crippen LogP contribution is -2.56. The lowest BCUT2D eigenvalue weighted by Gasteiger charge is -2.36. The molecule has 0 aliphatic carbocycles. The lowest BCUT2D eigenvalue weighted by molar-refractivity contribution is -0.137. The first-order valence-corrected chi connectivity index (χ1v) is 6.55. The van der Waals surface area contributed by atoms with Crippen LogP contribution in [0.3, 0.4) is 0 Å². The quantitative estimate of drug-likeness (QED) is 0.842. The first-order valence-electron chi connectivity index (χ1n) is 6.55. The molecule has 7 heteroatoms. The van der Waals surface area contributed by atoms with Crippen molar-refractivity contribution in [2.24, 2.45) is 5.92 Å². The van der Waals surface area contributed by atoms with Crippen LogP contribution in [0.5, 0.6) is 0 Å². The minimum absolute atomic E-state index is 0.156. The van der Waals surface area contributed by atoms with Crippen molar-refractivity contribution in [3.05, 3.63) is 29.8 Å². The van der Waals surface area contributed by atoms with Gasteiger partial charge in [-0.05, 0) is 31.2 Å². The van der Waals surface area contributed by atoms with E-state index in [0.717, 1.165) is 29.2 Å². The molecule has 4 nitrogen and oxygen atoms in total. The Labute approximate surface area is 120 Å². The highest BCUT2D eigenvalue weighted by Crippen LogP contribution is 2.31. The molecule has 3 amide bonds. The predicted octanol–water partition coefficient (Wildman–Crippen LogP) is 3.13. The van der Waals surface area contributed by atoms with Crippen molar-refractivity contribution in [1.82, 2.24) is 4.90 Å². The van der Waals surface area contributed by atoms with Crippen molar-refractivity contribution in [3.63, 3.8) is 0 Å². The van der Waals surface area contributed by atoms with Gasteiger partial charge in [-0.1, -0.05) is 6.92 Å². The molecular formula is C14H15F3N2O2. The van der Waals surface area contributed by atoms with Crippen molar-refractivity contribution in [2.45, 2.75) is 20.0 Å². The van der Waals surface area contributed by atoms with E-state index in [1.165, 1.54) is 4.90 Å².